The van der Waals surface area contributed by atoms with Gasteiger partial charge in [0.05, 0.1) is 6.26 Å². The number of fused-ring (bicyclic) bond motifs is 7. The smallest absolute Gasteiger partial charge is 0.314 e. The van der Waals surface area contributed by atoms with Crippen molar-refractivity contribution in [3.8, 4) is 0 Å². The number of allylic oxidation sites excluding steroid dienone is 2. The Bertz CT molecular complexity index is 1240. The van der Waals surface area contributed by atoms with Gasteiger partial charge in [-0.25, -0.2) is 17.9 Å². The second kappa shape index (κ2) is 9.05. The number of carbonyl (C=O) groups excluding carboxylic acids is 2. The third-order valence-electron chi connectivity index (χ3n) is 13.6. The van der Waals surface area contributed by atoms with E-state index in [1.54, 1.807) is 7.05 Å². The molecule has 0 aromatic carbocycles. The third-order valence-corrected chi connectivity index (χ3v) is 14.3. The second-order valence-corrected chi connectivity index (χ2v) is 18.0. The van der Waals surface area contributed by atoms with Gasteiger partial charge < -0.3 is 10.6 Å². The summed E-state index contributed by atoms with van der Waals surface area (Å²) >= 11 is 0. The van der Waals surface area contributed by atoms with E-state index in [1.807, 2.05) is 0 Å². The lowest BCUT2D eigenvalue weighted by atomic mass is 9.33. The molecule has 8 heteroatoms. The van der Waals surface area contributed by atoms with Crippen LogP contribution in [0.3, 0.4) is 0 Å². The fraction of sp³-hybridized carbons (Fsp3) is 0.875. The summed E-state index contributed by atoms with van der Waals surface area (Å²) in [5, 5.41) is 5.97. The molecule has 0 saturated heterocycles. The van der Waals surface area contributed by atoms with Crippen molar-refractivity contribution in [2.75, 3.05) is 13.3 Å². The van der Waals surface area contributed by atoms with E-state index in [0.29, 0.717) is 0 Å². The molecular weight excluding hydrogens is 522 g/mol. The van der Waals surface area contributed by atoms with E-state index in [1.165, 1.54) is 11.8 Å². The SMILES string of the molecule is CNC(=O)N[C@@]1(C)CC[C@]2(C)CC[C@]3(C)C(=CC(=O)[C@@H]4[C@@]5(C)CC[C@H](NS(C)(=O)=O)C(C)(C)[C@@H]5CC[C@]43C)[C@@H]2C1. The summed E-state index contributed by atoms with van der Waals surface area (Å²) in [4.78, 5) is 26.9. The van der Waals surface area contributed by atoms with Crippen LogP contribution in [0.5, 0.6) is 0 Å². The molecule has 0 aromatic heterocycles. The molecular formula is C32H53N3O4S. The molecule has 226 valence electrons. The van der Waals surface area contributed by atoms with E-state index in [9.17, 15) is 18.0 Å². The van der Waals surface area contributed by atoms with Crippen LogP contribution in [0.1, 0.15) is 106 Å². The van der Waals surface area contributed by atoms with Crippen LogP contribution < -0.4 is 15.4 Å². The predicted octanol–water partition coefficient (Wildman–Crippen LogP) is 5.57. The first-order chi connectivity index (χ1) is 18.2. The maximum absolute atomic E-state index is 14.5. The van der Waals surface area contributed by atoms with Crippen LogP contribution in [0.4, 0.5) is 4.79 Å². The first-order valence-corrected chi connectivity index (χ1v) is 17.4. The Kier molecular flexibility index (Phi) is 6.80. The Morgan fingerprint density at radius 2 is 1.57 bits per heavy atom. The molecule has 9 atom stereocenters. The maximum Gasteiger partial charge on any atom is 0.314 e. The summed E-state index contributed by atoms with van der Waals surface area (Å²) < 4.78 is 27.4. The van der Waals surface area contributed by atoms with Crippen LogP contribution >= 0.6 is 0 Å². The average molecular weight is 576 g/mol. The number of hydrogen-bond acceptors (Lipinski definition) is 4. The van der Waals surface area contributed by atoms with E-state index in [2.05, 4.69) is 69.9 Å². The van der Waals surface area contributed by atoms with Crippen molar-refractivity contribution in [3.05, 3.63) is 11.6 Å². The number of nitrogens with one attached hydrogen (secondary N) is 3. The maximum atomic E-state index is 14.5. The molecule has 40 heavy (non-hydrogen) atoms. The largest absolute Gasteiger partial charge is 0.341 e. The molecule has 0 heterocycles. The zero-order valence-corrected chi connectivity index (χ0v) is 27.1. The van der Waals surface area contributed by atoms with E-state index in [0.717, 1.165) is 57.8 Å². The topological polar surface area (TPSA) is 104 Å². The normalized spacial score (nSPS) is 48.0. The lowest BCUT2D eigenvalue weighted by Crippen LogP contribution is -2.68. The molecule has 0 aliphatic heterocycles. The Morgan fingerprint density at radius 3 is 2.20 bits per heavy atom. The van der Waals surface area contributed by atoms with Gasteiger partial charge in [0.25, 0.3) is 0 Å². The number of sulfonamides is 1. The van der Waals surface area contributed by atoms with E-state index < -0.39 is 10.0 Å². The Balaban J connectivity index is 1.54. The Labute approximate surface area is 242 Å². The van der Waals surface area contributed by atoms with Crippen molar-refractivity contribution in [1.82, 2.24) is 15.4 Å². The minimum Gasteiger partial charge on any atom is -0.341 e. The minimum absolute atomic E-state index is 0.0747. The highest BCUT2D eigenvalue weighted by atomic mass is 32.2. The van der Waals surface area contributed by atoms with Gasteiger partial charge >= 0.3 is 6.03 Å². The van der Waals surface area contributed by atoms with E-state index in [4.69, 9.17) is 0 Å². The monoisotopic (exact) mass is 575 g/mol. The van der Waals surface area contributed by atoms with Crippen LogP contribution in [-0.2, 0) is 14.8 Å². The first-order valence-electron chi connectivity index (χ1n) is 15.5. The quantitative estimate of drug-likeness (QED) is 0.409. The van der Waals surface area contributed by atoms with Gasteiger partial charge in [-0.05, 0) is 110 Å². The molecule has 5 aliphatic rings. The molecule has 0 aromatic rings. The minimum atomic E-state index is -3.32. The number of hydrogen-bond donors (Lipinski definition) is 3. The summed E-state index contributed by atoms with van der Waals surface area (Å²) in [6.07, 6.45) is 12.0. The zero-order chi connectivity index (χ0) is 29.7. The van der Waals surface area contributed by atoms with Gasteiger partial charge in [-0.2, -0.15) is 0 Å². The van der Waals surface area contributed by atoms with Gasteiger partial charge in [0.1, 0.15) is 0 Å². The van der Waals surface area contributed by atoms with Gasteiger partial charge in [-0.3, -0.25) is 4.79 Å². The van der Waals surface area contributed by atoms with Crippen molar-refractivity contribution in [2.45, 2.75) is 118 Å². The second-order valence-electron chi connectivity index (χ2n) is 16.3. The summed E-state index contributed by atoms with van der Waals surface area (Å²) in [5.41, 5.74) is 0.501. The van der Waals surface area contributed by atoms with Gasteiger partial charge in [0.2, 0.25) is 10.0 Å². The fourth-order valence-corrected chi connectivity index (χ4v) is 12.0. The van der Waals surface area contributed by atoms with Crippen molar-refractivity contribution in [1.29, 1.82) is 0 Å². The van der Waals surface area contributed by atoms with Gasteiger partial charge in [0.15, 0.2) is 5.78 Å². The summed E-state index contributed by atoms with van der Waals surface area (Å²) in [7, 11) is -1.65. The lowest BCUT2D eigenvalue weighted by Gasteiger charge is -2.70. The number of amides is 2. The number of carbonyl (C=O) groups is 2. The third kappa shape index (κ3) is 4.24. The fourth-order valence-electron chi connectivity index (χ4n) is 11.1. The highest BCUT2D eigenvalue weighted by molar-refractivity contribution is 7.88. The molecule has 5 rings (SSSR count). The highest BCUT2D eigenvalue weighted by Gasteiger charge is 2.70. The van der Waals surface area contributed by atoms with Gasteiger partial charge in [-0.15, -0.1) is 0 Å². The lowest BCUT2D eigenvalue weighted by molar-refractivity contribution is -0.187. The predicted molar refractivity (Wildman–Crippen MR) is 159 cm³/mol. The van der Waals surface area contributed by atoms with Crippen molar-refractivity contribution < 1.29 is 18.0 Å². The van der Waals surface area contributed by atoms with Crippen molar-refractivity contribution in [2.24, 2.45) is 44.8 Å². The molecule has 0 unspecified atom stereocenters. The van der Waals surface area contributed by atoms with E-state index in [-0.39, 0.29) is 68.2 Å². The molecule has 0 bridgehead atoms. The van der Waals surface area contributed by atoms with Gasteiger partial charge in [-0.1, -0.05) is 47.1 Å². The average Bonchev–Trinajstić information content (AvgIpc) is 2.82. The highest BCUT2D eigenvalue weighted by Crippen LogP contribution is 2.74. The summed E-state index contributed by atoms with van der Waals surface area (Å²) in [6, 6.07) is -0.256. The molecule has 5 aliphatic carbocycles. The summed E-state index contributed by atoms with van der Waals surface area (Å²) in [6.45, 7) is 16.2. The van der Waals surface area contributed by atoms with Crippen molar-refractivity contribution >= 4 is 21.8 Å². The molecule has 4 fully saturated rings. The molecule has 4 saturated carbocycles. The van der Waals surface area contributed by atoms with E-state index >= 15 is 0 Å². The van der Waals surface area contributed by atoms with Crippen molar-refractivity contribution in [3.63, 3.8) is 0 Å². The summed E-state index contributed by atoms with van der Waals surface area (Å²) in [5.74, 6) is 0.732. The molecule has 2 amide bonds. The Morgan fingerprint density at radius 1 is 0.925 bits per heavy atom. The Hall–Kier alpha value is -1.41. The number of ketones is 1. The molecule has 0 spiro atoms. The van der Waals surface area contributed by atoms with Crippen LogP contribution in [0.15, 0.2) is 11.6 Å². The van der Waals surface area contributed by atoms with Gasteiger partial charge in [0, 0.05) is 24.5 Å². The standard InChI is InChI=1S/C32H53N3O4S/c1-27(2)23-10-13-32(7)25(30(23,5)12-11-24(27)35-40(9,38)39)22(36)18-20-21-19-29(4,34-26(37)33-8)16-14-28(21,3)15-17-31(20,32)6/h18,21,23-25,35H,10-17,19H2,1-9H3,(H2,33,34,37)/t21-,23-,24-,25+,28+,29-,30-,31+,32+/m0/s1. The van der Waals surface area contributed by atoms with Crippen LogP contribution in [-0.4, -0.2) is 45.1 Å². The zero-order valence-electron chi connectivity index (χ0n) is 26.3. The molecule has 3 N–H and O–H groups in total. The molecule has 7 nitrogen and oxygen atoms in total. The first kappa shape index (κ1) is 30.1. The van der Waals surface area contributed by atoms with Crippen LogP contribution in [0, 0.1) is 44.8 Å². The molecule has 0 radical (unpaired) electrons. The van der Waals surface area contributed by atoms with Crippen LogP contribution in [0.25, 0.3) is 0 Å². The van der Waals surface area contributed by atoms with Crippen LogP contribution in [0.2, 0.25) is 0 Å². The number of rotatable bonds is 3. The number of urea groups is 1.